The van der Waals surface area contributed by atoms with E-state index in [0.29, 0.717) is 0 Å². The molecule has 0 saturated heterocycles. The summed E-state index contributed by atoms with van der Waals surface area (Å²) in [6.45, 7) is 3.59. The molecule has 21 heavy (non-hydrogen) atoms. The number of ether oxygens (including phenoxy) is 1. The number of esters is 2. The van der Waals surface area contributed by atoms with Crippen LogP contribution in [0, 0.1) is 6.92 Å². The highest BCUT2D eigenvalue weighted by Gasteiger charge is 2.23. The van der Waals surface area contributed by atoms with Crippen molar-refractivity contribution in [2.75, 3.05) is 0 Å². The Morgan fingerprint density at radius 3 is 2.24 bits per heavy atom. The molecule has 2 atom stereocenters. The number of carbonyl (C=O) groups excluding carboxylic acids is 3. The third-order valence-corrected chi connectivity index (χ3v) is 3.14. The van der Waals surface area contributed by atoms with Crippen LogP contribution in [0.1, 0.15) is 36.8 Å². The fourth-order valence-corrected chi connectivity index (χ4v) is 1.67. The molecule has 1 aromatic carbocycles. The Kier molecular flexibility index (Phi) is 6.05. The molecule has 0 spiro atoms. The first-order chi connectivity index (χ1) is 9.81. The van der Waals surface area contributed by atoms with E-state index in [1.54, 1.807) is 19.1 Å². The third kappa shape index (κ3) is 5.35. The van der Waals surface area contributed by atoms with Gasteiger partial charge in [-0.25, -0.2) is 4.79 Å². The molecular formula is C15H20N2O4. The summed E-state index contributed by atoms with van der Waals surface area (Å²) in [6.07, 6.45) is 0.0261. The first-order valence-electron chi connectivity index (χ1n) is 6.67. The Labute approximate surface area is 123 Å². The van der Waals surface area contributed by atoms with E-state index in [1.165, 1.54) is 0 Å². The van der Waals surface area contributed by atoms with Crippen LogP contribution in [-0.4, -0.2) is 23.9 Å². The molecule has 0 aliphatic carbocycles. The second kappa shape index (κ2) is 7.54. The maximum Gasteiger partial charge on any atom is 0.330 e. The number of hydrogen-bond acceptors (Lipinski definition) is 5. The van der Waals surface area contributed by atoms with Crippen LogP contribution in [0.3, 0.4) is 0 Å². The molecule has 0 heterocycles. The first-order valence-corrected chi connectivity index (χ1v) is 6.67. The Bertz CT molecular complexity index is 525. The van der Waals surface area contributed by atoms with Gasteiger partial charge in [0, 0.05) is 6.42 Å². The average Bonchev–Trinajstić information content (AvgIpc) is 2.44. The maximum atomic E-state index is 11.9. The second-order valence-corrected chi connectivity index (χ2v) is 4.98. The highest BCUT2D eigenvalue weighted by atomic mass is 16.6. The molecule has 0 aliphatic heterocycles. The summed E-state index contributed by atoms with van der Waals surface area (Å²) >= 11 is 0. The van der Waals surface area contributed by atoms with Crippen LogP contribution >= 0.6 is 0 Å². The molecule has 1 amide bonds. The van der Waals surface area contributed by atoms with Crippen molar-refractivity contribution in [1.82, 2.24) is 0 Å². The largest absolute Gasteiger partial charge is 0.392 e. The van der Waals surface area contributed by atoms with E-state index >= 15 is 0 Å². The van der Waals surface area contributed by atoms with Crippen LogP contribution in [0.5, 0.6) is 0 Å². The minimum absolute atomic E-state index is 0.0298. The van der Waals surface area contributed by atoms with Crippen molar-refractivity contribution < 1.29 is 19.1 Å². The van der Waals surface area contributed by atoms with Gasteiger partial charge in [0.05, 0.1) is 5.92 Å². The number of rotatable bonds is 6. The summed E-state index contributed by atoms with van der Waals surface area (Å²) in [5.41, 5.74) is 12.3. The average molecular weight is 292 g/mol. The molecule has 0 radical (unpaired) electrons. The van der Waals surface area contributed by atoms with Gasteiger partial charge in [-0.3, -0.25) is 9.59 Å². The summed E-state index contributed by atoms with van der Waals surface area (Å²) in [5.74, 6) is -2.64. The summed E-state index contributed by atoms with van der Waals surface area (Å²) in [5, 5.41) is 0. The molecule has 4 N–H and O–H groups in total. The highest BCUT2D eigenvalue weighted by Crippen LogP contribution is 2.17. The minimum Gasteiger partial charge on any atom is -0.392 e. The molecule has 114 valence electrons. The molecule has 0 bridgehead atoms. The van der Waals surface area contributed by atoms with Gasteiger partial charge in [0.1, 0.15) is 6.04 Å². The SMILES string of the molecule is Cc1ccc(C(C)C(=O)OC(=O)[C@@H](N)CCC(N)=O)cc1. The van der Waals surface area contributed by atoms with Gasteiger partial charge in [-0.05, 0) is 25.8 Å². The van der Waals surface area contributed by atoms with Crippen molar-refractivity contribution in [1.29, 1.82) is 0 Å². The van der Waals surface area contributed by atoms with E-state index in [2.05, 4.69) is 0 Å². The first kappa shape index (κ1) is 16.8. The fraction of sp³-hybridized carbons (Fsp3) is 0.400. The van der Waals surface area contributed by atoms with Crippen molar-refractivity contribution in [2.45, 2.75) is 38.6 Å². The molecule has 1 aromatic rings. The second-order valence-electron chi connectivity index (χ2n) is 4.98. The van der Waals surface area contributed by atoms with Gasteiger partial charge in [0.2, 0.25) is 5.91 Å². The standard InChI is InChI=1S/C15H20N2O4/c1-9-3-5-11(6-4-9)10(2)14(19)21-15(20)12(16)7-8-13(17)18/h3-6,10,12H,7-8,16H2,1-2H3,(H2,17,18)/t10?,12-/m0/s1. The normalized spacial score (nSPS) is 13.3. The molecule has 6 nitrogen and oxygen atoms in total. The number of primary amides is 1. The minimum atomic E-state index is -1.04. The lowest BCUT2D eigenvalue weighted by Crippen LogP contribution is -2.35. The number of aryl methyl sites for hydroxylation is 1. The van der Waals surface area contributed by atoms with Crippen LogP contribution < -0.4 is 11.5 Å². The summed E-state index contributed by atoms with van der Waals surface area (Å²) < 4.78 is 4.74. The van der Waals surface area contributed by atoms with Gasteiger partial charge in [-0.1, -0.05) is 29.8 Å². The Balaban J connectivity index is 2.57. The van der Waals surface area contributed by atoms with E-state index in [4.69, 9.17) is 16.2 Å². The van der Waals surface area contributed by atoms with Crippen molar-refractivity contribution in [3.63, 3.8) is 0 Å². The summed E-state index contributed by atoms with van der Waals surface area (Å²) in [7, 11) is 0. The zero-order valence-electron chi connectivity index (χ0n) is 12.2. The van der Waals surface area contributed by atoms with Crippen LogP contribution in [0.25, 0.3) is 0 Å². The van der Waals surface area contributed by atoms with Crippen LogP contribution in [0.2, 0.25) is 0 Å². The van der Waals surface area contributed by atoms with Crippen molar-refractivity contribution in [2.24, 2.45) is 11.5 Å². The van der Waals surface area contributed by atoms with E-state index in [9.17, 15) is 14.4 Å². The van der Waals surface area contributed by atoms with E-state index in [-0.39, 0.29) is 12.8 Å². The van der Waals surface area contributed by atoms with Gasteiger partial charge in [-0.2, -0.15) is 0 Å². The molecule has 1 unspecified atom stereocenters. The Hall–Kier alpha value is -2.21. The zero-order chi connectivity index (χ0) is 16.0. The van der Waals surface area contributed by atoms with Gasteiger partial charge in [0.15, 0.2) is 0 Å². The van der Waals surface area contributed by atoms with E-state index in [0.717, 1.165) is 11.1 Å². The van der Waals surface area contributed by atoms with Gasteiger partial charge in [0.25, 0.3) is 0 Å². The Morgan fingerprint density at radius 2 is 1.71 bits per heavy atom. The fourth-order valence-electron chi connectivity index (χ4n) is 1.67. The molecule has 0 saturated carbocycles. The lowest BCUT2D eigenvalue weighted by Gasteiger charge is -2.13. The maximum absolute atomic E-state index is 11.9. The lowest BCUT2D eigenvalue weighted by molar-refractivity contribution is -0.161. The van der Waals surface area contributed by atoms with Crippen molar-refractivity contribution in [3.05, 3.63) is 35.4 Å². The van der Waals surface area contributed by atoms with Crippen LogP contribution in [-0.2, 0) is 19.1 Å². The van der Waals surface area contributed by atoms with Crippen LogP contribution in [0.15, 0.2) is 24.3 Å². The predicted octanol–water partition coefficient (Wildman–Crippen LogP) is 0.761. The number of benzene rings is 1. The predicted molar refractivity (Wildman–Crippen MR) is 77.1 cm³/mol. The number of amides is 1. The smallest absolute Gasteiger partial charge is 0.330 e. The van der Waals surface area contributed by atoms with Crippen molar-refractivity contribution in [3.8, 4) is 0 Å². The lowest BCUT2D eigenvalue weighted by atomic mass is 10.0. The van der Waals surface area contributed by atoms with Crippen molar-refractivity contribution >= 4 is 17.8 Å². The number of carbonyl (C=O) groups is 3. The molecule has 0 aromatic heterocycles. The third-order valence-electron chi connectivity index (χ3n) is 3.14. The zero-order valence-corrected chi connectivity index (χ0v) is 12.2. The summed E-state index contributed by atoms with van der Waals surface area (Å²) in [6, 6.07) is 6.32. The quantitative estimate of drug-likeness (QED) is 0.593. The molecular weight excluding hydrogens is 272 g/mol. The summed E-state index contributed by atoms with van der Waals surface area (Å²) in [4.78, 5) is 34.1. The van der Waals surface area contributed by atoms with Gasteiger partial charge in [-0.15, -0.1) is 0 Å². The van der Waals surface area contributed by atoms with Gasteiger partial charge >= 0.3 is 11.9 Å². The number of hydrogen-bond donors (Lipinski definition) is 2. The topological polar surface area (TPSA) is 112 Å². The molecule has 0 fully saturated rings. The molecule has 0 aliphatic rings. The monoisotopic (exact) mass is 292 g/mol. The number of nitrogens with two attached hydrogens (primary N) is 2. The van der Waals surface area contributed by atoms with E-state index < -0.39 is 29.8 Å². The molecule has 6 heteroatoms. The highest BCUT2D eigenvalue weighted by molar-refractivity contribution is 5.91. The van der Waals surface area contributed by atoms with Crippen LogP contribution in [0.4, 0.5) is 0 Å². The Morgan fingerprint density at radius 1 is 1.14 bits per heavy atom. The van der Waals surface area contributed by atoms with E-state index in [1.807, 2.05) is 19.1 Å². The molecule has 1 rings (SSSR count). The van der Waals surface area contributed by atoms with Gasteiger partial charge < -0.3 is 16.2 Å².